The Balaban J connectivity index is 1.77. The van der Waals surface area contributed by atoms with E-state index in [0.717, 1.165) is 24.8 Å². The maximum Gasteiger partial charge on any atom is 0.306 e. The summed E-state index contributed by atoms with van der Waals surface area (Å²) in [5.41, 5.74) is 5.41. The first-order chi connectivity index (χ1) is 15.6. The van der Waals surface area contributed by atoms with Gasteiger partial charge >= 0.3 is 10.1 Å². The Bertz CT molecular complexity index is 1080. The highest BCUT2D eigenvalue weighted by Gasteiger charge is 2.30. The van der Waals surface area contributed by atoms with Crippen LogP contribution in [0.4, 0.5) is 0 Å². The Morgan fingerprint density at radius 1 is 1.39 bits per heavy atom. The molecule has 2 saturated heterocycles. The molecule has 0 aromatic heterocycles. The van der Waals surface area contributed by atoms with Crippen LogP contribution in [-0.2, 0) is 19.8 Å². The van der Waals surface area contributed by atoms with Gasteiger partial charge in [0, 0.05) is 42.1 Å². The van der Waals surface area contributed by atoms with Gasteiger partial charge in [0.15, 0.2) is 0 Å². The van der Waals surface area contributed by atoms with E-state index in [-0.39, 0.29) is 23.5 Å². The zero-order valence-corrected chi connectivity index (χ0v) is 21.4. The van der Waals surface area contributed by atoms with Crippen LogP contribution in [-0.4, -0.2) is 55.5 Å². The van der Waals surface area contributed by atoms with Crippen molar-refractivity contribution in [1.82, 2.24) is 10.4 Å². The van der Waals surface area contributed by atoms with Crippen molar-refractivity contribution in [3.63, 3.8) is 0 Å². The van der Waals surface area contributed by atoms with Crippen molar-refractivity contribution in [1.29, 1.82) is 0 Å². The highest BCUT2D eigenvalue weighted by Crippen LogP contribution is 2.40. The lowest BCUT2D eigenvalue weighted by molar-refractivity contribution is -0.129. The Morgan fingerprint density at radius 2 is 2.09 bits per heavy atom. The monoisotopic (exact) mass is 533 g/mol. The van der Waals surface area contributed by atoms with Crippen LogP contribution in [0, 0.1) is 5.92 Å². The van der Waals surface area contributed by atoms with Crippen LogP contribution >= 0.6 is 35.4 Å². The van der Waals surface area contributed by atoms with E-state index in [9.17, 15) is 13.2 Å². The summed E-state index contributed by atoms with van der Waals surface area (Å²) >= 11 is 17.2. The molecular formula is C21H25Cl2N3O5S2. The van der Waals surface area contributed by atoms with Gasteiger partial charge in [-0.25, -0.2) is 0 Å². The maximum absolute atomic E-state index is 11.8. The molecule has 0 spiro atoms. The third-order valence-corrected chi connectivity index (χ3v) is 6.82. The van der Waals surface area contributed by atoms with Crippen LogP contribution in [0.2, 0.25) is 5.02 Å². The molecule has 1 unspecified atom stereocenters. The van der Waals surface area contributed by atoms with Gasteiger partial charge in [0.05, 0.1) is 22.7 Å². The molecule has 1 aromatic rings. The number of amides is 1. The third-order valence-electron chi connectivity index (χ3n) is 5.56. The first-order valence-corrected chi connectivity index (χ1v) is 13.5. The van der Waals surface area contributed by atoms with Crippen molar-refractivity contribution in [2.45, 2.75) is 32.3 Å². The van der Waals surface area contributed by atoms with Gasteiger partial charge in [-0.15, -0.1) is 11.6 Å². The number of aliphatic imine (C=N–C) groups is 1. The number of hydrogen-bond donors (Lipinski definition) is 1. The van der Waals surface area contributed by atoms with Crippen LogP contribution in [0.3, 0.4) is 0 Å². The van der Waals surface area contributed by atoms with Crippen molar-refractivity contribution in [3.05, 3.63) is 40.2 Å². The summed E-state index contributed by atoms with van der Waals surface area (Å²) in [5, 5.41) is 1.80. The van der Waals surface area contributed by atoms with E-state index in [0.29, 0.717) is 41.5 Å². The van der Waals surface area contributed by atoms with Crippen LogP contribution < -0.4 is 9.66 Å². The number of hydroxylamine groups is 1. The molecule has 1 amide bonds. The number of hydrogen-bond acceptors (Lipinski definition) is 8. The molecule has 2 aliphatic heterocycles. The molecule has 0 radical (unpaired) electrons. The van der Waals surface area contributed by atoms with E-state index in [1.54, 1.807) is 17.0 Å². The molecule has 2 fully saturated rings. The summed E-state index contributed by atoms with van der Waals surface area (Å²) in [7, 11) is -3.74. The van der Waals surface area contributed by atoms with Crippen molar-refractivity contribution < 1.29 is 22.2 Å². The largest absolute Gasteiger partial charge is 0.382 e. The predicted octanol–water partition coefficient (Wildman–Crippen LogP) is 3.79. The number of carbonyl (C=O) groups excluding carboxylic acids is 1. The number of carbonyl (C=O) groups is 1. The SMILES string of the molecule is CC(=NC(C=S)=C1CC(c2c(Cl)cccc2OS(C)(=O)=O)ON1)C1CCN(C(=O)CCl)CC1. The molecule has 33 heavy (non-hydrogen) atoms. The molecule has 1 N–H and O–H groups in total. The van der Waals surface area contributed by atoms with E-state index in [1.165, 1.54) is 11.4 Å². The summed E-state index contributed by atoms with van der Waals surface area (Å²) in [4.78, 5) is 24.0. The first-order valence-electron chi connectivity index (χ1n) is 10.3. The number of benzene rings is 1. The van der Waals surface area contributed by atoms with Crippen LogP contribution in [0.1, 0.15) is 37.9 Å². The number of rotatable bonds is 7. The fourth-order valence-electron chi connectivity index (χ4n) is 3.87. The summed E-state index contributed by atoms with van der Waals surface area (Å²) in [6.07, 6.45) is 2.34. The number of thiocarbonyl (C=S) groups is 1. The molecular weight excluding hydrogens is 509 g/mol. The number of alkyl halides is 1. The second-order valence-electron chi connectivity index (χ2n) is 7.88. The topological polar surface area (TPSA) is 97.3 Å². The van der Waals surface area contributed by atoms with Gasteiger partial charge in [-0.05, 0) is 31.9 Å². The molecule has 0 bridgehead atoms. The standard InChI is InChI=1S/C21H25Cl2N3O5S2/c1-13(14-6-8-26(9-7-14)20(27)11-22)24-17(12-32)16-10-19(30-25-16)21-15(23)4-3-5-18(21)31-33(2,28)29/h3-5,12,14,19,25H,6-11H2,1-2H3. The maximum atomic E-state index is 11.8. The second kappa shape index (κ2) is 11.1. The minimum Gasteiger partial charge on any atom is -0.382 e. The average molecular weight is 534 g/mol. The fraction of sp³-hybridized carbons (Fsp3) is 0.476. The number of likely N-dealkylation sites (tertiary alicyclic amines) is 1. The zero-order chi connectivity index (χ0) is 24.2. The van der Waals surface area contributed by atoms with Crippen LogP contribution in [0.5, 0.6) is 5.75 Å². The molecule has 12 heteroatoms. The van der Waals surface area contributed by atoms with Crippen molar-refractivity contribution in [2.24, 2.45) is 10.9 Å². The molecule has 2 aliphatic rings. The number of halogens is 2. The minimum atomic E-state index is -3.74. The van der Waals surface area contributed by atoms with Gasteiger partial charge in [-0.2, -0.15) is 8.42 Å². The Labute approximate surface area is 209 Å². The van der Waals surface area contributed by atoms with Gasteiger partial charge in [0.1, 0.15) is 17.7 Å². The number of allylic oxidation sites excluding steroid dienone is 1. The molecule has 0 saturated carbocycles. The van der Waals surface area contributed by atoms with E-state index < -0.39 is 16.2 Å². The summed E-state index contributed by atoms with van der Waals surface area (Å²) < 4.78 is 28.4. The number of nitrogens with zero attached hydrogens (tertiary/aromatic N) is 2. The molecule has 1 atom stereocenters. The van der Waals surface area contributed by atoms with E-state index in [2.05, 4.69) is 5.48 Å². The molecule has 0 aliphatic carbocycles. The lowest BCUT2D eigenvalue weighted by Crippen LogP contribution is -2.40. The molecule has 2 heterocycles. The van der Waals surface area contributed by atoms with Crippen molar-refractivity contribution in [3.8, 4) is 5.75 Å². The van der Waals surface area contributed by atoms with Crippen LogP contribution in [0.25, 0.3) is 0 Å². The molecule has 180 valence electrons. The number of piperidine rings is 1. The van der Waals surface area contributed by atoms with Gasteiger partial charge < -0.3 is 9.08 Å². The van der Waals surface area contributed by atoms with Crippen molar-refractivity contribution in [2.75, 3.05) is 25.2 Å². The molecule has 8 nitrogen and oxygen atoms in total. The second-order valence-corrected chi connectivity index (χ2v) is 10.4. The summed E-state index contributed by atoms with van der Waals surface area (Å²) in [6, 6.07) is 4.77. The highest BCUT2D eigenvalue weighted by atomic mass is 35.5. The van der Waals surface area contributed by atoms with E-state index in [4.69, 9.17) is 49.4 Å². The Kier molecular flexibility index (Phi) is 8.74. The molecule has 3 rings (SSSR count). The quantitative estimate of drug-likeness (QED) is 0.187. The first kappa shape index (κ1) is 25.9. The lowest BCUT2D eigenvalue weighted by Gasteiger charge is -2.31. The van der Waals surface area contributed by atoms with Gasteiger partial charge in [-0.1, -0.05) is 29.9 Å². The minimum absolute atomic E-state index is 0.00585. The van der Waals surface area contributed by atoms with Crippen molar-refractivity contribution >= 4 is 62.5 Å². The Hall–Kier alpha value is -1.72. The van der Waals surface area contributed by atoms with Crippen LogP contribution in [0.15, 0.2) is 34.6 Å². The summed E-state index contributed by atoms with van der Waals surface area (Å²) in [5.74, 6) is 0.281. The third kappa shape index (κ3) is 6.66. The van der Waals surface area contributed by atoms with Gasteiger partial charge in [-0.3, -0.25) is 20.1 Å². The van der Waals surface area contributed by atoms with Gasteiger partial charge in [0.25, 0.3) is 0 Å². The smallest absolute Gasteiger partial charge is 0.306 e. The van der Waals surface area contributed by atoms with E-state index >= 15 is 0 Å². The van der Waals surface area contributed by atoms with Gasteiger partial charge in [0.2, 0.25) is 5.91 Å². The zero-order valence-electron chi connectivity index (χ0n) is 18.2. The number of nitrogens with one attached hydrogen (secondary N) is 1. The fourth-order valence-corrected chi connectivity index (χ4v) is 4.99. The highest BCUT2D eigenvalue weighted by molar-refractivity contribution is 7.86. The molecule has 1 aromatic carbocycles. The predicted molar refractivity (Wildman–Crippen MR) is 132 cm³/mol. The summed E-state index contributed by atoms with van der Waals surface area (Å²) in [6.45, 7) is 3.24. The Morgan fingerprint density at radius 3 is 2.70 bits per heavy atom. The van der Waals surface area contributed by atoms with E-state index in [1.807, 2.05) is 6.92 Å². The average Bonchev–Trinajstić information content (AvgIpc) is 3.25. The lowest BCUT2D eigenvalue weighted by atomic mass is 9.92. The normalized spacial score (nSPS) is 21.5.